The Hall–Kier alpha value is -3.52. The van der Waals surface area contributed by atoms with Gasteiger partial charge in [0.05, 0.1) is 0 Å². The van der Waals surface area contributed by atoms with Crippen molar-refractivity contribution in [1.29, 1.82) is 10.5 Å². The van der Waals surface area contributed by atoms with Crippen LogP contribution < -0.4 is 8.92 Å². The van der Waals surface area contributed by atoms with Gasteiger partial charge in [-0.15, -0.1) is 0 Å². The van der Waals surface area contributed by atoms with Gasteiger partial charge in [-0.25, -0.2) is 0 Å². The van der Waals surface area contributed by atoms with Gasteiger partial charge in [0.1, 0.15) is 0 Å². The van der Waals surface area contributed by atoms with Crippen LogP contribution in [0.25, 0.3) is 0 Å². The van der Waals surface area contributed by atoms with Crippen LogP contribution >= 0.6 is 0 Å². The summed E-state index contributed by atoms with van der Waals surface area (Å²) in [4.78, 5) is 21.1. The first-order chi connectivity index (χ1) is 18.3. The Kier molecular flexibility index (Phi) is 10.6. The summed E-state index contributed by atoms with van der Waals surface area (Å²) in [6.07, 6.45) is 2.89. The van der Waals surface area contributed by atoms with E-state index in [9.17, 15) is 30.8 Å². The molecule has 0 N–H and O–H groups in total. The number of hydrogen-bond acceptors (Lipinski definition) is 6. The molecule has 0 saturated heterocycles. The number of nitro groups is 2. The molecule has 3 aromatic carbocycles. The summed E-state index contributed by atoms with van der Waals surface area (Å²) < 4.78 is 2.44. The standard InChI is InChI=1S/C28H26N4O4Se2/c1-3-23-25(17-29)26(18-30)24(4-2)28(38-16-14-20-7-11-22(12-8-20)32(35)36)27(23)37-15-13-19-5-9-21(10-6-19)31(33)34/h5-12H,3-4,13-16H2,1-2H3. The molecule has 0 aliphatic heterocycles. The van der Waals surface area contributed by atoms with Crippen LogP contribution in [0.3, 0.4) is 0 Å². The van der Waals surface area contributed by atoms with Crippen LogP contribution in [-0.4, -0.2) is 39.8 Å². The van der Waals surface area contributed by atoms with Gasteiger partial charge in [0.25, 0.3) is 0 Å². The van der Waals surface area contributed by atoms with Gasteiger partial charge in [0.15, 0.2) is 0 Å². The third kappa shape index (κ3) is 6.86. The van der Waals surface area contributed by atoms with Crippen LogP contribution in [0, 0.1) is 42.9 Å². The van der Waals surface area contributed by atoms with Gasteiger partial charge >= 0.3 is 235 Å². The van der Waals surface area contributed by atoms with E-state index in [1.54, 1.807) is 24.3 Å². The number of benzene rings is 3. The van der Waals surface area contributed by atoms with Crippen molar-refractivity contribution in [3.8, 4) is 12.1 Å². The van der Waals surface area contributed by atoms with E-state index in [1.165, 1.54) is 33.2 Å². The number of rotatable bonds is 12. The monoisotopic (exact) mass is 642 g/mol. The van der Waals surface area contributed by atoms with Crippen LogP contribution in [0.4, 0.5) is 11.4 Å². The molecule has 0 aromatic heterocycles. The molecule has 0 atom stereocenters. The fourth-order valence-electron chi connectivity index (χ4n) is 4.14. The average Bonchev–Trinajstić information content (AvgIpc) is 2.93. The molecule has 0 bridgehead atoms. The van der Waals surface area contributed by atoms with Gasteiger partial charge in [0, 0.05) is 0 Å². The van der Waals surface area contributed by atoms with E-state index in [2.05, 4.69) is 12.1 Å². The van der Waals surface area contributed by atoms with Crippen LogP contribution in [0.5, 0.6) is 0 Å². The van der Waals surface area contributed by atoms with Gasteiger partial charge < -0.3 is 0 Å². The zero-order valence-corrected chi connectivity index (χ0v) is 24.5. The van der Waals surface area contributed by atoms with Crippen molar-refractivity contribution in [3.63, 3.8) is 0 Å². The van der Waals surface area contributed by atoms with Gasteiger partial charge in [-0.05, 0) is 0 Å². The van der Waals surface area contributed by atoms with Crippen molar-refractivity contribution in [3.05, 3.63) is 102 Å². The second kappa shape index (κ2) is 13.9. The minimum atomic E-state index is -0.404. The molecule has 0 fully saturated rings. The molecule has 0 aliphatic carbocycles. The summed E-state index contributed by atoms with van der Waals surface area (Å²) in [6.45, 7) is 4.04. The molecule has 3 rings (SSSR count). The third-order valence-electron chi connectivity index (χ3n) is 6.11. The molecule has 38 heavy (non-hydrogen) atoms. The number of hydrogen-bond donors (Lipinski definition) is 0. The maximum atomic E-state index is 10.9. The first kappa shape index (κ1) is 29.0. The summed E-state index contributed by atoms with van der Waals surface area (Å²) >= 11 is 0.113. The van der Waals surface area contributed by atoms with E-state index in [4.69, 9.17) is 0 Å². The van der Waals surface area contributed by atoms with Crippen molar-refractivity contribution >= 4 is 50.2 Å². The second-order valence-corrected chi connectivity index (χ2v) is 13.0. The number of nitro benzene ring substituents is 2. The maximum absolute atomic E-state index is 10.9. The summed E-state index contributed by atoms with van der Waals surface area (Å²) in [7, 11) is 0. The number of non-ortho nitro benzene ring substituents is 2. The van der Waals surface area contributed by atoms with Crippen LogP contribution in [0.15, 0.2) is 48.5 Å². The molecular weight excluding hydrogens is 614 g/mol. The van der Waals surface area contributed by atoms with Crippen molar-refractivity contribution in [1.82, 2.24) is 0 Å². The Morgan fingerprint density at radius 1 is 0.684 bits per heavy atom. The van der Waals surface area contributed by atoms with Crippen LogP contribution in [0.1, 0.15) is 47.2 Å². The van der Waals surface area contributed by atoms with Crippen molar-refractivity contribution in [2.75, 3.05) is 0 Å². The van der Waals surface area contributed by atoms with E-state index in [-0.39, 0.29) is 41.3 Å². The van der Waals surface area contributed by atoms with Crippen molar-refractivity contribution < 1.29 is 9.85 Å². The summed E-state index contributed by atoms with van der Waals surface area (Å²) in [5.74, 6) is 0. The molecule has 0 heterocycles. The Balaban J connectivity index is 1.88. The summed E-state index contributed by atoms with van der Waals surface area (Å²) in [5, 5.41) is 43.6. The summed E-state index contributed by atoms with van der Waals surface area (Å²) in [5.41, 5.74) is 5.14. The van der Waals surface area contributed by atoms with Crippen LogP contribution in [-0.2, 0) is 25.7 Å². The van der Waals surface area contributed by atoms with E-state index in [1.807, 2.05) is 13.8 Å². The number of aryl methyl sites for hydroxylation is 2. The Bertz CT molecular complexity index is 1300. The van der Waals surface area contributed by atoms with Crippen molar-refractivity contribution in [2.45, 2.75) is 50.2 Å². The molecule has 8 nitrogen and oxygen atoms in total. The molecule has 0 radical (unpaired) electrons. The molecule has 0 spiro atoms. The molecule has 0 unspecified atom stereocenters. The van der Waals surface area contributed by atoms with E-state index < -0.39 is 9.85 Å². The summed E-state index contributed by atoms with van der Waals surface area (Å²) in [6, 6.07) is 17.9. The molecule has 10 heteroatoms. The third-order valence-corrected chi connectivity index (χ3v) is 11.6. The topological polar surface area (TPSA) is 134 Å². The van der Waals surface area contributed by atoms with Gasteiger partial charge in [-0.1, -0.05) is 0 Å². The van der Waals surface area contributed by atoms with Gasteiger partial charge in [0.2, 0.25) is 0 Å². The molecular formula is C28H26N4O4Se2. The normalized spacial score (nSPS) is 10.5. The zero-order chi connectivity index (χ0) is 27.7. The Labute approximate surface area is 234 Å². The first-order valence-electron chi connectivity index (χ1n) is 12.1. The quantitative estimate of drug-likeness (QED) is 0.164. The number of nitrogens with zero attached hydrogens (tertiary/aromatic N) is 4. The second-order valence-electron chi connectivity index (χ2n) is 8.34. The molecule has 0 amide bonds. The minimum absolute atomic E-state index is 0.0566. The molecule has 194 valence electrons. The molecule has 3 aromatic rings. The first-order valence-corrected chi connectivity index (χ1v) is 16.2. The van der Waals surface area contributed by atoms with Crippen molar-refractivity contribution in [2.24, 2.45) is 0 Å². The predicted molar refractivity (Wildman–Crippen MR) is 149 cm³/mol. The SMILES string of the molecule is CCc1c(C#N)c(C#N)c(CC)c([Se]CCc2ccc([N+](=O)[O-])cc2)c1[Se]CCc1ccc([N+](=O)[O-])cc1. The van der Waals surface area contributed by atoms with E-state index >= 15 is 0 Å². The van der Waals surface area contributed by atoms with E-state index in [0.717, 1.165) is 45.7 Å². The van der Waals surface area contributed by atoms with E-state index in [0.29, 0.717) is 24.0 Å². The van der Waals surface area contributed by atoms with Gasteiger partial charge in [-0.3, -0.25) is 0 Å². The Morgan fingerprint density at radius 2 is 1.03 bits per heavy atom. The Morgan fingerprint density at radius 3 is 1.29 bits per heavy atom. The predicted octanol–water partition coefficient (Wildman–Crippen LogP) is 4.35. The molecule has 0 aliphatic rings. The van der Waals surface area contributed by atoms with Gasteiger partial charge in [-0.2, -0.15) is 0 Å². The van der Waals surface area contributed by atoms with Crippen LogP contribution in [0.2, 0.25) is 10.6 Å². The average molecular weight is 640 g/mol. The number of nitriles is 2. The fraction of sp³-hybridized carbons (Fsp3) is 0.286. The fourth-order valence-corrected chi connectivity index (χ4v) is 10.5. The molecule has 0 saturated carbocycles. The zero-order valence-electron chi connectivity index (χ0n) is 21.1.